The summed E-state index contributed by atoms with van der Waals surface area (Å²) in [5, 5.41) is 0. The van der Waals surface area contributed by atoms with Gasteiger partial charge in [0.15, 0.2) is 0 Å². The Morgan fingerprint density at radius 1 is 1.00 bits per heavy atom. The SMILES string of the molecule is COC([SiH3])OC.CO[Si](CN)(OC)OC. The second kappa shape index (κ2) is 10.7. The number of rotatable bonds is 6. The molecule has 0 aliphatic rings. The van der Waals surface area contributed by atoms with Crippen molar-refractivity contribution in [1.82, 2.24) is 0 Å². The van der Waals surface area contributed by atoms with Gasteiger partial charge in [0.05, 0.1) is 16.4 Å². The number of hydrogen-bond donors (Lipinski definition) is 1. The third-order valence-corrected chi connectivity index (χ3v) is 5.16. The van der Waals surface area contributed by atoms with E-state index in [0.717, 1.165) is 10.2 Å². The lowest BCUT2D eigenvalue weighted by atomic mass is 11.3. The van der Waals surface area contributed by atoms with Gasteiger partial charge in [-0.15, -0.1) is 0 Å². The van der Waals surface area contributed by atoms with Crippen LogP contribution in [0.15, 0.2) is 0 Å². The van der Waals surface area contributed by atoms with E-state index in [4.69, 9.17) is 28.5 Å². The summed E-state index contributed by atoms with van der Waals surface area (Å²) in [5.74, 6) is 0.0741. The molecule has 6 nitrogen and oxygen atoms in total. The van der Waals surface area contributed by atoms with Gasteiger partial charge < -0.3 is 28.5 Å². The van der Waals surface area contributed by atoms with Gasteiger partial charge in [0, 0.05) is 35.5 Å². The summed E-state index contributed by atoms with van der Waals surface area (Å²) < 4.78 is 24.3. The first-order valence-electron chi connectivity index (χ1n) is 4.46. The molecule has 0 atom stereocenters. The highest BCUT2D eigenvalue weighted by atomic mass is 28.4. The fourth-order valence-electron chi connectivity index (χ4n) is 0.596. The van der Waals surface area contributed by atoms with Crippen molar-refractivity contribution in [1.29, 1.82) is 0 Å². The summed E-state index contributed by atoms with van der Waals surface area (Å²) in [6.07, 6.45) is 0.316. The maximum Gasteiger partial charge on any atom is 0.514 e. The first-order chi connectivity index (χ1) is 7.05. The Balaban J connectivity index is 0. The predicted octanol–water partition coefficient (Wildman–Crippen LogP) is -1.71. The van der Waals surface area contributed by atoms with E-state index in [0.29, 0.717) is 6.17 Å². The summed E-state index contributed by atoms with van der Waals surface area (Å²) in [6, 6.07) is 0. The van der Waals surface area contributed by atoms with Crippen molar-refractivity contribution in [3.63, 3.8) is 0 Å². The monoisotopic (exact) mass is 257 g/mol. The van der Waals surface area contributed by atoms with Gasteiger partial charge in [-0.05, 0) is 0 Å². The van der Waals surface area contributed by atoms with Crippen LogP contribution in [0.5, 0.6) is 0 Å². The zero-order chi connectivity index (χ0) is 12.3. The van der Waals surface area contributed by atoms with E-state index < -0.39 is 8.80 Å². The Kier molecular flexibility index (Phi) is 12.5. The Labute approximate surface area is 95.8 Å². The zero-order valence-electron chi connectivity index (χ0n) is 10.4. The van der Waals surface area contributed by atoms with Gasteiger partial charge in [0.1, 0.15) is 5.91 Å². The van der Waals surface area contributed by atoms with Crippen LogP contribution in [0, 0.1) is 0 Å². The highest BCUT2D eigenvalue weighted by molar-refractivity contribution is 6.60. The molecule has 0 aliphatic carbocycles. The molecular weight excluding hydrogens is 234 g/mol. The van der Waals surface area contributed by atoms with Crippen LogP contribution < -0.4 is 5.73 Å². The maximum absolute atomic E-state index is 5.33. The molecule has 0 amide bonds. The molecule has 0 fully saturated rings. The molecular formula is C7H23NO5Si2. The Morgan fingerprint density at radius 3 is 1.33 bits per heavy atom. The first-order valence-corrected chi connectivity index (χ1v) is 7.55. The lowest BCUT2D eigenvalue weighted by Gasteiger charge is -2.21. The molecule has 0 unspecified atom stereocenters. The fraction of sp³-hybridized carbons (Fsp3) is 1.00. The van der Waals surface area contributed by atoms with Crippen molar-refractivity contribution in [3.05, 3.63) is 0 Å². The topological polar surface area (TPSA) is 72.2 Å². The molecule has 0 saturated carbocycles. The molecule has 15 heavy (non-hydrogen) atoms. The van der Waals surface area contributed by atoms with Crippen LogP contribution in [0.3, 0.4) is 0 Å². The molecule has 0 radical (unpaired) electrons. The van der Waals surface area contributed by atoms with Gasteiger partial charge in [-0.25, -0.2) is 0 Å². The predicted molar refractivity (Wildman–Crippen MR) is 63.6 cm³/mol. The molecule has 0 heterocycles. The average molecular weight is 257 g/mol. The summed E-state index contributed by atoms with van der Waals surface area (Å²) in [4.78, 5) is 0. The van der Waals surface area contributed by atoms with Gasteiger partial charge in [0.2, 0.25) is 0 Å². The van der Waals surface area contributed by atoms with Crippen molar-refractivity contribution >= 4 is 19.0 Å². The number of ether oxygens (including phenoxy) is 2. The van der Waals surface area contributed by atoms with Crippen molar-refractivity contribution in [2.75, 3.05) is 41.7 Å². The summed E-state index contributed by atoms with van der Waals surface area (Å²) >= 11 is 0. The van der Waals surface area contributed by atoms with E-state index in [1.807, 2.05) is 0 Å². The van der Waals surface area contributed by atoms with Gasteiger partial charge in [0.25, 0.3) is 0 Å². The maximum atomic E-state index is 5.33. The zero-order valence-corrected chi connectivity index (χ0v) is 13.4. The van der Waals surface area contributed by atoms with Crippen LogP contribution in [0.1, 0.15) is 0 Å². The number of nitrogens with two attached hydrogens (primary N) is 1. The quantitative estimate of drug-likeness (QED) is 0.451. The van der Waals surface area contributed by atoms with Gasteiger partial charge >= 0.3 is 8.80 Å². The molecule has 0 spiro atoms. The van der Waals surface area contributed by atoms with Crippen LogP contribution in [-0.2, 0) is 22.8 Å². The van der Waals surface area contributed by atoms with Crippen molar-refractivity contribution < 1.29 is 22.8 Å². The van der Waals surface area contributed by atoms with Gasteiger partial charge in [-0.2, -0.15) is 0 Å². The van der Waals surface area contributed by atoms with Crippen LogP contribution in [-0.4, -0.2) is 66.7 Å². The molecule has 0 bridgehead atoms. The minimum atomic E-state index is -2.41. The summed E-state index contributed by atoms with van der Waals surface area (Å²) in [5.41, 5.74) is 5.33. The molecule has 0 aromatic rings. The molecule has 0 aromatic carbocycles. The van der Waals surface area contributed by atoms with Crippen molar-refractivity contribution in [2.45, 2.75) is 5.91 Å². The van der Waals surface area contributed by atoms with E-state index in [1.54, 1.807) is 14.2 Å². The van der Waals surface area contributed by atoms with E-state index in [9.17, 15) is 0 Å². The number of methoxy groups -OCH3 is 2. The largest absolute Gasteiger partial charge is 0.514 e. The Morgan fingerprint density at radius 2 is 1.33 bits per heavy atom. The highest BCUT2D eigenvalue weighted by Gasteiger charge is 2.35. The average Bonchev–Trinajstić information content (AvgIpc) is 2.32. The third-order valence-electron chi connectivity index (χ3n) is 1.85. The van der Waals surface area contributed by atoms with E-state index >= 15 is 0 Å². The fourth-order valence-corrected chi connectivity index (χ4v) is 1.60. The van der Waals surface area contributed by atoms with Crippen molar-refractivity contribution in [2.24, 2.45) is 5.73 Å². The second-order valence-electron chi connectivity index (χ2n) is 2.54. The van der Waals surface area contributed by atoms with Gasteiger partial charge in [-0.3, -0.25) is 0 Å². The molecule has 94 valence electrons. The molecule has 2 N–H and O–H groups in total. The second-order valence-corrected chi connectivity index (χ2v) is 6.48. The van der Waals surface area contributed by atoms with E-state index in [2.05, 4.69) is 0 Å². The normalized spacial score (nSPS) is 11.4. The van der Waals surface area contributed by atoms with Gasteiger partial charge in [-0.1, -0.05) is 0 Å². The van der Waals surface area contributed by atoms with Crippen LogP contribution >= 0.6 is 0 Å². The van der Waals surface area contributed by atoms with E-state index in [1.165, 1.54) is 21.3 Å². The molecule has 0 aliphatic heterocycles. The van der Waals surface area contributed by atoms with Crippen LogP contribution in [0.2, 0.25) is 0 Å². The number of hydrogen-bond acceptors (Lipinski definition) is 6. The Bertz CT molecular complexity index is 115. The summed E-state index contributed by atoms with van der Waals surface area (Å²) in [7, 11) is 6.41. The highest BCUT2D eigenvalue weighted by Crippen LogP contribution is 2.01. The van der Waals surface area contributed by atoms with E-state index in [-0.39, 0.29) is 5.91 Å². The smallest absolute Gasteiger partial charge is 0.376 e. The molecule has 0 rings (SSSR count). The Hall–Kier alpha value is 0.194. The van der Waals surface area contributed by atoms with Crippen molar-refractivity contribution in [3.8, 4) is 0 Å². The molecule has 8 heteroatoms. The van der Waals surface area contributed by atoms with Crippen LogP contribution in [0.4, 0.5) is 0 Å². The third kappa shape index (κ3) is 8.05. The first kappa shape index (κ1) is 17.6. The lowest BCUT2D eigenvalue weighted by Crippen LogP contribution is -2.50. The minimum Gasteiger partial charge on any atom is -0.376 e. The standard InChI is InChI=1S/C4H13NO3Si.C3H10O2Si/c1-6-9(4-5,7-2)8-3;1-4-3(6)5-2/h4-5H2,1-3H3;3H,1-2,6H3. The minimum absolute atomic E-state index is 0.0741. The molecule has 0 saturated heterocycles. The molecule has 0 aromatic heterocycles. The summed E-state index contributed by atoms with van der Waals surface area (Å²) in [6.45, 7) is 0. The van der Waals surface area contributed by atoms with Crippen LogP contribution in [0.25, 0.3) is 0 Å². The lowest BCUT2D eigenvalue weighted by molar-refractivity contribution is -0.0411.